The molecular weight excluding hydrogens is 695 g/mol. The van der Waals surface area contributed by atoms with E-state index in [4.69, 9.17) is 18.9 Å². The summed E-state index contributed by atoms with van der Waals surface area (Å²) < 4.78 is 47.8. The average molecular weight is 744 g/mol. The highest BCUT2D eigenvalue weighted by molar-refractivity contribution is 7.92. The number of aryl methyl sites for hydroxylation is 3. The summed E-state index contributed by atoms with van der Waals surface area (Å²) in [5.74, 6) is -0.380. The predicted molar refractivity (Wildman–Crippen MR) is 201 cm³/mol. The van der Waals surface area contributed by atoms with Crippen molar-refractivity contribution in [2.75, 3.05) is 50.7 Å². The van der Waals surface area contributed by atoms with Gasteiger partial charge in [-0.1, -0.05) is 42.8 Å². The van der Waals surface area contributed by atoms with E-state index in [0.29, 0.717) is 31.5 Å². The molecule has 13 heteroatoms. The fourth-order valence-corrected chi connectivity index (χ4v) is 10.8. The minimum Gasteiger partial charge on any atom is -0.490 e. The van der Waals surface area contributed by atoms with Crippen molar-refractivity contribution in [3.05, 3.63) is 82.6 Å². The molecule has 7 atom stereocenters. The van der Waals surface area contributed by atoms with E-state index in [1.54, 1.807) is 13.1 Å². The fraction of sp³-hybridized carbons (Fsp3) is 0.525. The minimum absolute atomic E-state index is 0.0783. The zero-order valence-electron chi connectivity index (χ0n) is 30.9. The molecule has 4 heterocycles. The lowest BCUT2D eigenvalue weighted by Crippen LogP contribution is -2.53. The first kappa shape index (κ1) is 35.8. The van der Waals surface area contributed by atoms with Crippen molar-refractivity contribution in [1.82, 2.24) is 14.5 Å². The molecule has 2 aliphatic carbocycles. The number of methoxy groups -OCH3 is 1. The molecule has 3 aliphatic heterocycles. The number of hydrogen-bond donors (Lipinski definition) is 1. The van der Waals surface area contributed by atoms with Crippen molar-refractivity contribution in [1.29, 1.82) is 0 Å². The van der Waals surface area contributed by atoms with Crippen molar-refractivity contribution >= 4 is 27.4 Å². The zero-order chi connectivity index (χ0) is 36.9. The number of allylic oxidation sites excluding steroid dienone is 1. The summed E-state index contributed by atoms with van der Waals surface area (Å²) in [5.41, 5.74) is 4.94. The van der Waals surface area contributed by atoms with E-state index in [1.165, 1.54) is 34.7 Å². The number of hydrogen-bond acceptors (Lipinski definition) is 9. The van der Waals surface area contributed by atoms with Gasteiger partial charge in [0.25, 0.3) is 11.8 Å². The lowest BCUT2D eigenvalue weighted by molar-refractivity contribution is -0.163. The van der Waals surface area contributed by atoms with Crippen LogP contribution in [-0.4, -0.2) is 83.8 Å². The second kappa shape index (κ2) is 14.2. The lowest BCUT2D eigenvalue weighted by atomic mass is 9.67. The number of benzene rings is 2. The van der Waals surface area contributed by atoms with Crippen LogP contribution >= 0.6 is 0 Å². The number of rotatable bonds is 3. The van der Waals surface area contributed by atoms with E-state index < -0.39 is 21.7 Å². The second-order valence-corrected chi connectivity index (χ2v) is 17.5. The van der Waals surface area contributed by atoms with Crippen LogP contribution in [0.3, 0.4) is 0 Å². The maximum Gasteiger partial charge on any atom is 0.286 e. The van der Waals surface area contributed by atoms with Crippen molar-refractivity contribution in [3.63, 3.8) is 0 Å². The fourth-order valence-electron chi connectivity index (χ4n) is 9.01. The highest BCUT2D eigenvalue weighted by Crippen LogP contribution is 2.47. The number of carbonyl (C=O) groups excluding carboxylic acids is 2. The quantitative estimate of drug-likeness (QED) is 0.361. The van der Waals surface area contributed by atoms with Crippen LogP contribution in [0.1, 0.15) is 70.0 Å². The summed E-state index contributed by atoms with van der Waals surface area (Å²) in [5, 5.41) is 4.16. The monoisotopic (exact) mass is 743 g/mol. The van der Waals surface area contributed by atoms with Crippen molar-refractivity contribution in [3.8, 4) is 11.6 Å². The molecule has 1 N–H and O–H groups in total. The molecule has 8 rings (SSSR count). The largest absolute Gasteiger partial charge is 0.490 e. The van der Waals surface area contributed by atoms with Crippen LogP contribution in [0, 0.1) is 24.7 Å². The number of anilines is 1. The molecular formula is C40H49N5O7S. The molecule has 53 heavy (non-hydrogen) atoms. The number of ether oxygens (including phenoxy) is 4. The van der Waals surface area contributed by atoms with Crippen LogP contribution < -0.4 is 19.1 Å². The first-order valence-electron chi connectivity index (χ1n) is 18.8. The molecule has 1 saturated carbocycles. The normalized spacial score (nSPS) is 31.7. The van der Waals surface area contributed by atoms with Gasteiger partial charge in [0, 0.05) is 37.3 Å². The Hall–Kier alpha value is -4.20. The Labute approximate surface area is 311 Å². The zero-order valence-corrected chi connectivity index (χ0v) is 31.7. The Bertz CT molecular complexity index is 2070. The molecule has 5 aliphatic rings. The van der Waals surface area contributed by atoms with Gasteiger partial charge in [0.2, 0.25) is 5.88 Å². The molecule has 12 nitrogen and oxygen atoms in total. The third-order valence-corrected chi connectivity index (χ3v) is 13.6. The van der Waals surface area contributed by atoms with E-state index >= 15 is 0 Å². The first-order valence-corrected chi connectivity index (χ1v) is 20.4. The summed E-state index contributed by atoms with van der Waals surface area (Å²) in [7, 11) is -0.589. The molecule has 0 radical (unpaired) electrons. The summed E-state index contributed by atoms with van der Waals surface area (Å²) in [6.07, 6.45) is 10.3. The molecule has 2 fully saturated rings. The van der Waals surface area contributed by atoms with Gasteiger partial charge in [-0.15, -0.1) is 9.46 Å². The molecule has 2 aromatic carbocycles. The number of carbonyl (C=O) groups is 2. The van der Waals surface area contributed by atoms with E-state index in [-0.39, 0.29) is 52.2 Å². The molecule has 1 spiro atoms. The van der Waals surface area contributed by atoms with E-state index in [0.717, 1.165) is 50.9 Å². The average Bonchev–Trinajstić information content (AvgIpc) is 3.44. The number of fused-ring (bicyclic) bond motifs is 6. The summed E-state index contributed by atoms with van der Waals surface area (Å²) in [4.78, 5) is 30.1. The van der Waals surface area contributed by atoms with Crippen molar-refractivity contribution < 1.29 is 32.7 Å². The third kappa shape index (κ3) is 6.99. The van der Waals surface area contributed by atoms with Gasteiger partial charge < -0.3 is 23.8 Å². The lowest BCUT2D eigenvalue weighted by Gasteiger charge is -2.48. The molecule has 1 unspecified atom stereocenters. The van der Waals surface area contributed by atoms with Crippen LogP contribution in [0.25, 0.3) is 0 Å². The Morgan fingerprint density at radius 1 is 1.11 bits per heavy atom. The second-order valence-electron chi connectivity index (χ2n) is 15.5. The van der Waals surface area contributed by atoms with Gasteiger partial charge in [0.1, 0.15) is 27.3 Å². The highest BCUT2D eigenvalue weighted by Gasteiger charge is 2.46. The van der Waals surface area contributed by atoms with E-state index in [2.05, 4.69) is 44.2 Å². The molecule has 3 aromatic rings. The molecule has 282 valence electrons. The van der Waals surface area contributed by atoms with Gasteiger partial charge in [0.15, 0.2) is 0 Å². The van der Waals surface area contributed by atoms with Gasteiger partial charge >= 0.3 is 0 Å². The van der Waals surface area contributed by atoms with Gasteiger partial charge in [-0.2, -0.15) is 0 Å². The highest BCUT2D eigenvalue weighted by atomic mass is 32.2. The molecule has 1 aromatic heterocycles. The van der Waals surface area contributed by atoms with Crippen molar-refractivity contribution in [2.24, 2.45) is 29.2 Å². The number of amides is 2. The Morgan fingerprint density at radius 2 is 1.96 bits per heavy atom. The van der Waals surface area contributed by atoms with Crippen LogP contribution in [-0.2, 0) is 38.3 Å². The predicted octanol–water partition coefficient (Wildman–Crippen LogP) is 5.18. The maximum absolute atomic E-state index is 14.7. The SMILES string of the molecule is COc1nn(C)cc1C(=O)NS1(=O)=NC(=O)c2ccc3c(c2)N(C[C@@H]2CC[C@H]2[C@H]2OCCO[C@@H]2/C=C\[C@H](C)C1)C[C@@]1(CCCc2cc(C)ccc21)CO3. The molecule has 2 amide bonds. The summed E-state index contributed by atoms with van der Waals surface area (Å²) in [6.45, 7) is 7.09. The summed E-state index contributed by atoms with van der Waals surface area (Å²) >= 11 is 0. The number of nitrogens with one attached hydrogen (secondary N) is 1. The first-order chi connectivity index (χ1) is 25.5. The molecule has 2 bridgehead atoms. The van der Waals surface area contributed by atoms with Gasteiger partial charge in [-0.3, -0.25) is 19.0 Å². The standard InChI is InChI=1S/C40H49N5O7S/c1-25-7-12-32-27(18-25)6-5-15-40(32)23-45-20-29-9-11-30(29)36-35(50-16-17-51-36)13-8-26(2)22-53(48,43-38(47)31-21-44(3)41-39(31)49-4)42-37(46)28-10-14-34(52-24-40)33(45)19-28/h7-8,10,12-14,18-19,21,26,29-30,35-36H,5-6,9,11,15-17,20,22-24H2,1-4H3,(H,42,43,46,47,48)/b13-8-/t26-,29-,30+,35+,36+,40-,53?/m0/s1. The van der Waals surface area contributed by atoms with Crippen LogP contribution in [0.15, 0.2) is 59.1 Å². The van der Waals surface area contributed by atoms with E-state index in [1.807, 2.05) is 31.2 Å². The van der Waals surface area contributed by atoms with Gasteiger partial charge in [-0.05, 0) is 86.1 Å². The Balaban J connectivity index is 1.22. The number of nitrogens with zero attached hydrogens (tertiary/aromatic N) is 4. The van der Waals surface area contributed by atoms with Crippen LogP contribution in [0.2, 0.25) is 0 Å². The topological polar surface area (TPSA) is 134 Å². The van der Waals surface area contributed by atoms with E-state index in [9.17, 15) is 13.8 Å². The molecule has 1 saturated heterocycles. The van der Waals surface area contributed by atoms with Crippen LogP contribution in [0.5, 0.6) is 11.6 Å². The van der Waals surface area contributed by atoms with Crippen LogP contribution in [0.4, 0.5) is 5.69 Å². The Kier molecular flexibility index (Phi) is 9.61. The number of aromatic nitrogens is 2. The van der Waals surface area contributed by atoms with Gasteiger partial charge in [0.05, 0.1) is 44.5 Å². The minimum atomic E-state index is -3.65. The summed E-state index contributed by atoms with van der Waals surface area (Å²) in [6, 6.07) is 12.2. The van der Waals surface area contributed by atoms with Gasteiger partial charge in [-0.25, -0.2) is 4.21 Å². The maximum atomic E-state index is 14.7. The van der Waals surface area contributed by atoms with Crippen molar-refractivity contribution in [2.45, 2.75) is 63.6 Å². The third-order valence-electron chi connectivity index (χ3n) is 11.7. The smallest absolute Gasteiger partial charge is 0.286 e. The Morgan fingerprint density at radius 3 is 2.77 bits per heavy atom.